The number of carbonyl (C=O) groups excluding carboxylic acids is 2. The van der Waals surface area contributed by atoms with Gasteiger partial charge in [-0.1, -0.05) is 0 Å². The molecule has 4 atom stereocenters. The number of urea groups is 1. The van der Waals surface area contributed by atoms with Crippen LogP contribution in [0.25, 0.3) is 0 Å². The molecule has 10 heteroatoms. The van der Waals surface area contributed by atoms with Gasteiger partial charge < -0.3 is 19.4 Å². The normalized spacial score (nSPS) is 30.1. The Balaban J connectivity index is 1.36. The van der Waals surface area contributed by atoms with Crippen molar-refractivity contribution >= 4 is 12.1 Å². The Bertz CT molecular complexity index is 760. The second kappa shape index (κ2) is 6.91. The van der Waals surface area contributed by atoms with E-state index in [2.05, 4.69) is 15.5 Å². The van der Waals surface area contributed by atoms with Crippen molar-refractivity contribution in [2.75, 3.05) is 6.54 Å². The summed E-state index contributed by atoms with van der Waals surface area (Å²) >= 11 is 0. The lowest BCUT2D eigenvalue weighted by Crippen LogP contribution is -2.37. The Morgan fingerprint density at radius 1 is 1.21 bits per heavy atom. The summed E-state index contributed by atoms with van der Waals surface area (Å²) in [6.07, 6.45) is 3.33. The van der Waals surface area contributed by atoms with Crippen LogP contribution in [-0.2, 0) is 4.74 Å². The zero-order valence-electron chi connectivity index (χ0n) is 16.4. The molecule has 1 aromatic heterocycles. The number of piperidine rings is 1. The van der Waals surface area contributed by atoms with Gasteiger partial charge in [0.15, 0.2) is 0 Å². The van der Waals surface area contributed by atoms with Crippen molar-refractivity contribution < 1.29 is 24.0 Å². The van der Waals surface area contributed by atoms with Gasteiger partial charge in [0.05, 0.1) is 6.04 Å². The number of carbonyl (C=O) groups is 2. The predicted molar refractivity (Wildman–Crippen MR) is 95.5 cm³/mol. The summed E-state index contributed by atoms with van der Waals surface area (Å²) in [6.45, 7) is 5.97. The Morgan fingerprint density at radius 3 is 2.71 bits per heavy atom. The number of rotatable bonds is 3. The first-order chi connectivity index (χ1) is 13.2. The molecule has 2 N–H and O–H groups in total. The molecular formula is C18H27N5O5. The van der Waals surface area contributed by atoms with Gasteiger partial charge in [-0.2, -0.15) is 0 Å². The maximum absolute atomic E-state index is 12.1. The number of aromatic nitrogens is 2. The largest absolute Gasteiger partial charge is 0.444 e. The topological polar surface area (TPSA) is 121 Å². The van der Waals surface area contributed by atoms with E-state index in [9.17, 15) is 14.8 Å². The summed E-state index contributed by atoms with van der Waals surface area (Å²) < 4.78 is 11.2. The summed E-state index contributed by atoms with van der Waals surface area (Å²) in [5.74, 6) is 1.03. The number of hydrogen-bond acceptors (Lipinski definition) is 7. The van der Waals surface area contributed by atoms with E-state index in [1.807, 2.05) is 20.8 Å². The number of ether oxygens (including phenoxy) is 1. The molecule has 3 heterocycles. The van der Waals surface area contributed by atoms with Crippen LogP contribution in [0, 0.1) is 0 Å². The number of fused-ring (bicyclic) bond motifs is 2. The van der Waals surface area contributed by atoms with Crippen LogP contribution in [0.3, 0.4) is 0 Å². The summed E-state index contributed by atoms with van der Waals surface area (Å²) in [5.41, 5.74) is -0.528. The average Bonchev–Trinajstić information content (AvgIpc) is 3.31. The van der Waals surface area contributed by atoms with Gasteiger partial charge in [0.25, 0.3) is 0 Å². The highest BCUT2D eigenvalue weighted by Crippen LogP contribution is 2.39. The summed E-state index contributed by atoms with van der Waals surface area (Å²) in [4.78, 5) is 25.7. The van der Waals surface area contributed by atoms with Crippen molar-refractivity contribution in [3.8, 4) is 0 Å². The van der Waals surface area contributed by atoms with Gasteiger partial charge in [-0.05, 0) is 52.9 Å². The molecule has 2 saturated heterocycles. The number of nitrogens with zero attached hydrogens (tertiary/aromatic N) is 4. The molecule has 1 saturated carbocycles. The van der Waals surface area contributed by atoms with Crippen LogP contribution < -0.4 is 5.32 Å². The lowest BCUT2D eigenvalue weighted by Gasteiger charge is -2.27. The van der Waals surface area contributed by atoms with E-state index in [-0.39, 0.29) is 24.0 Å². The van der Waals surface area contributed by atoms with Gasteiger partial charge in [0, 0.05) is 18.5 Å². The standard InChI is InChI=1S/C18H27N5O5/c1-18(2,3)28-16(24)19-11-5-4-10(8-11)14-20-21-15(27-14)13-7-6-12-9-22(13)17(25)23(12)26/h10-13,26H,4-9H2,1-3H3,(H,19,24). The Kier molecular flexibility index (Phi) is 4.68. The van der Waals surface area contributed by atoms with Crippen molar-refractivity contribution in [3.63, 3.8) is 0 Å². The molecule has 3 aliphatic rings. The van der Waals surface area contributed by atoms with Crippen LogP contribution in [0.1, 0.15) is 76.6 Å². The molecule has 2 bridgehead atoms. The maximum Gasteiger partial charge on any atom is 0.407 e. The van der Waals surface area contributed by atoms with Crippen LogP contribution in [0.4, 0.5) is 9.59 Å². The summed E-state index contributed by atoms with van der Waals surface area (Å²) in [6, 6.07) is -0.844. The molecule has 0 spiro atoms. The molecule has 0 radical (unpaired) electrons. The van der Waals surface area contributed by atoms with Gasteiger partial charge in [0.1, 0.15) is 11.6 Å². The molecule has 2 aliphatic heterocycles. The smallest absolute Gasteiger partial charge is 0.407 e. The number of hydroxylamine groups is 2. The van der Waals surface area contributed by atoms with E-state index in [0.717, 1.165) is 17.9 Å². The van der Waals surface area contributed by atoms with Gasteiger partial charge in [-0.25, -0.2) is 14.7 Å². The van der Waals surface area contributed by atoms with Gasteiger partial charge in [-0.3, -0.25) is 5.21 Å². The zero-order valence-corrected chi connectivity index (χ0v) is 16.4. The molecule has 1 aliphatic carbocycles. The number of alkyl carbamates (subject to hydrolysis) is 1. The molecule has 0 aromatic carbocycles. The molecule has 10 nitrogen and oxygen atoms in total. The average molecular weight is 393 g/mol. The Labute approximate surface area is 163 Å². The van der Waals surface area contributed by atoms with E-state index >= 15 is 0 Å². The second-order valence-electron chi connectivity index (χ2n) is 8.86. The molecule has 1 aromatic rings. The van der Waals surface area contributed by atoms with Gasteiger partial charge in [-0.15, -0.1) is 10.2 Å². The predicted octanol–water partition coefficient (Wildman–Crippen LogP) is 2.56. The lowest BCUT2D eigenvalue weighted by molar-refractivity contribution is -0.0584. The fourth-order valence-corrected chi connectivity index (χ4v) is 4.26. The molecule has 154 valence electrons. The summed E-state index contributed by atoms with van der Waals surface area (Å²) in [5, 5.41) is 21.9. The minimum atomic E-state index is -0.528. The van der Waals surface area contributed by atoms with Crippen LogP contribution >= 0.6 is 0 Å². The first kappa shape index (κ1) is 19.0. The van der Waals surface area contributed by atoms with Crippen molar-refractivity contribution in [3.05, 3.63) is 11.8 Å². The number of hydrogen-bond donors (Lipinski definition) is 2. The maximum atomic E-state index is 12.1. The van der Waals surface area contributed by atoms with Crippen LogP contribution in [0.2, 0.25) is 0 Å². The van der Waals surface area contributed by atoms with E-state index < -0.39 is 17.7 Å². The number of nitrogens with one attached hydrogen (secondary N) is 1. The molecule has 4 rings (SSSR count). The fraction of sp³-hybridized carbons (Fsp3) is 0.778. The SMILES string of the molecule is CC(C)(C)OC(=O)NC1CCC(c2nnc(C3CCC4CN3C(=O)N4O)o2)C1. The van der Waals surface area contributed by atoms with Crippen LogP contribution in [-0.4, -0.2) is 61.7 Å². The van der Waals surface area contributed by atoms with E-state index in [1.54, 1.807) is 4.90 Å². The van der Waals surface area contributed by atoms with Gasteiger partial charge in [0.2, 0.25) is 11.8 Å². The summed E-state index contributed by atoms with van der Waals surface area (Å²) in [7, 11) is 0. The van der Waals surface area contributed by atoms with Crippen LogP contribution in [0.5, 0.6) is 0 Å². The van der Waals surface area contributed by atoms with Gasteiger partial charge >= 0.3 is 12.1 Å². The van der Waals surface area contributed by atoms with Crippen molar-refractivity contribution in [2.24, 2.45) is 0 Å². The van der Waals surface area contributed by atoms with E-state index in [0.29, 0.717) is 37.6 Å². The molecule has 4 unspecified atom stereocenters. The third-order valence-corrected chi connectivity index (χ3v) is 5.59. The minimum Gasteiger partial charge on any atom is -0.444 e. The lowest BCUT2D eigenvalue weighted by atomic mass is 10.0. The highest BCUT2D eigenvalue weighted by molar-refractivity contribution is 5.76. The molecule has 3 amide bonds. The van der Waals surface area contributed by atoms with Crippen molar-refractivity contribution in [1.29, 1.82) is 0 Å². The monoisotopic (exact) mass is 393 g/mol. The Hall–Kier alpha value is -2.36. The molecular weight excluding hydrogens is 366 g/mol. The second-order valence-corrected chi connectivity index (χ2v) is 8.86. The molecule has 28 heavy (non-hydrogen) atoms. The minimum absolute atomic E-state index is 0.00810. The van der Waals surface area contributed by atoms with Crippen LogP contribution in [0.15, 0.2) is 4.42 Å². The van der Waals surface area contributed by atoms with E-state index in [1.165, 1.54) is 0 Å². The number of amides is 3. The third kappa shape index (κ3) is 3.65. The third-order valence-electron chi connectivity index (χ3n) is 5.59. The first-order valence-electron chi connectivity index (χ1n) is 9.83. The molecule has 3 fully saturated rings. The van der Waals surface area contributed by atoms with E-state index in [4.69, 9.17) is 9.15 Å². The first-order valence-corrected chi connectivity index (χ1v) is 9.83. The van der Waals surface area contributed by atoms with Crippen molar-refractivity contribution in [2.45, 2.75) is 82.5 Å². The fourth-order valence-electron chi connectivity index (χ4n) is 4.26. The zero-order chi connectivity index (χ0) is 20.1. The quantitative estimate of drug-likeness (QED) is 0.757. The highest BCUT2D eigenvalue weighted by atomic mass is 16.6. The van der Waals surface area contributed by atoms with Crippen molar-refractivity contribution in [1.82, 2.24) is 25.5 Å². The Morgan fingerprint density at radius 2 is 1.96 bits per heavy atom. The highest BCUT2D eigenvalue weighted by Gasteiger charge is 2.46.